The number of rotatable bonds is 8. The van der Waals surface area contributed by atoms with E-state index in [4.69, 9.17) is 14.2 Å². The lowest BCUT2D eigenvalue weighted by molar-refractivity contribution is -0.140. The molecule has 2 saturated heterocycles. The lowest BCUT2D eigenvalue weighted by Crippen LogP contribution is -2.39. The van der Waals surface area contributed by atoms with Crippen LogP contribution in [-0.2, 0) is 23.8 Å². The molecule has 2 aromatic rings. The predicted molar refractivity (Wildman–Crippen MR) is 140 cm³/mol. The number of aromatic nitrogens is 1. The summed E-state index contributed by atoms with van der Waals surface area (Å²) in [4.78, 5) is 57.5. The first-order valence-corrected chi connectivity index (χ1v) is 12.7. The van der Waals surface area contributed by atoms with Crippen LogP contribution in [0.2, 0.25) is 0 Å². The summed E-state index contributed by atoms with van der Waals surface area (Å²) < 4.78 is 15.0. The molecule has 0 spiro atoms. The zero-order chi connectivity index (χ0) is 28.3. The zero-order valence-corrected chi connectivity index (χ0v) is 22.5. The molecule has 39 heavy (non-hydrogen) atoms. The molecule has 3 heterocycles. The number of nitrogens with zero attached hydrogens (tertiary/aromatic N) is 2. The van der Waals surface area contributed by atoms with Crippen LogP contribution in [0.4, 0.5) is 0 Å². The van der Waals surface area contributed by atoms with Crippen LogP contribution in [0.3, 0.4) is 0 Å². The molecule has 0 saturated carbocycles. The van der Waals surface area contributed by atoms with E-state index in [-0.39, 0.29) is 29.1 Å². The van der Waals surface area contributed by atoms with Crippen molar-refractivity contribution in [2.45, 2.75) is 26.3 Å². The maximum Gasteiger partial charge on any atom is 0.354 e. The summed E-state index contributed by atoms with van der Waals surface area (Å²) in [6, 6.07) is 5.49. The number of aromatic amines is 1. The predicted octanol–water partition coefficient (Wildman–Crippen LogP) is 2.35. The number of hydrogen-bond donors (Lipinski definition) is 2. The van der Waals surface area contributed by atoms with Crippen molar-refractivity contribution in [2.75, 3.05) is 53.6 Å². The number of Topliss-reactive ketones (excluding diaryl/α,β-unsaturated/α-hetero) is 1. The summed E-state index contributed by atoms with van der Waals surface area (Å²) in [5.74, 6) is -3.06. The first-order valence-electron chi connectivity index (χ1n) is 12.7. The molecular formula is C28H33N3O8. The van der Waals surface area contributed by atoms with Crippen LogP contribution in [0.5, 0.6) is 0 Å². The Morgan fingerprint density at radius 2 is 1.67 bits per heavy atom. The summed E-state index contributed by atoms with van der Waals surface area (Å²) in [5, 5.41) is 11.5. The van der Waals surface area contributed by atoms with Gasteiger partial charge >= 0.3 is 11.9 Å². The summed E-state index contributed by atoms with van der Waals surface area (Å²) >= 11 is 0. The van der Waals surface area contributed by atoms with Gasteiger partial charge in [-0.2, -0.15) is 0 Å². The summed E-state index contributed by atoms with van der Waals surface area (Å²) in [5.41, 5.74) is 2.03. The van der Waals surface area contributed by atoms with Crippen molar-refractivity contribution in [2.24, 2.45) is 0 Å². The fourth-order valence-electron chi connectivity index (χ4n) is 5.21. The number of likely N-dealkylation sites (tertiary alicyclic amines) is 1. The Bertz CT molecular complexity index is 1300. The minimum absolute atomic E-state index is 0.0844. The lowest BCUT2D eigenvalue weighted by atomic mass is 9.93. The number of hydrogen-bond acceptors (Lipinski definition) is 9. The molecule has 2 N–H and O–H groups in total. The zero-order valence-electron chi connectivity index (χ0n) is 22.5. The molecule has 208 valence electrons. The van der Waals surface area contributed by atoms with Crippen LogP contribution < -0.4 is 0 Å². The maximum absolute atomic E-state index is 13.4. The van der Waals surface area contributed by atoms with Gasteiger partial charge in [0.1, 0.15) is 11.5 Å². The quantitative estimate of drug-likeness (QED) is 0.224. The van der Waals surface area contributed by atoms with Gasteiger partial charge in [0.15, 0.2) is 0 Å². The van der Waals surface area contributed by atoms with Crippen LogP contribution in [0, 0.1) is 13.8 Å². The number of benzene rings is 1. The molecule has 0 bridgehead atoms. The Balaban J connectivity index is 1.76. The standard InChI is InChI=1S/C28H33N3O8/c1-16-20(17(2)29-22(16)28(36)38-4)24(32)21-23(18-6-8-19(9-7-18)27(35)37-3)31(26(34)25(21)33)11-5-10-30-12-14-39-15-13-30/h6-9,23,29,32H,5,10-15H2,1-4H3/t23-/m0/s1. The number of ketones is 1. The van der Waals surface area contributed by atoms with Crippen LogP contribution in [0.1, 0.15) is 55.7 Å². The first kappa shape index (κ1) is 28.1. The molecule has 4 rings (SSSR count). The van der Waals surface area contributed by atoms with Gasteiger partial charge in [-0.05, 0) is 43.5 Å². The minimum atomic E-state index is -0.892. The summed E-state index contributed by atoms with van der Waals surface area (Å²) in [6.07, 6.45) is 0.610. The van der Waals surface area contributed by atoms with E-state index in [0.29, 0.717) is 42.0 Å². The van der Waals surface area contributed by atoms with Crippen molar-refractivity contribution < 1.29 is 38.5 Å². The molecule has 0 unspecified atom stereocenters. The highest BCUT2D eigenvalue weighted by Gasteiger charge is 2.46. The van der Waals surface area contributed by atoms with Crippen molar-refractivity contribution >= 4 is 29.4 Å². The van der Waals surface area contributed by atoms with Crippen LogP contribution in [0.25, 0.3) is 5.76 Å². The number of methoxy groups -OCH3 is 2. The van der Waals surface area contributed by atoms with Gasteiger partial charge in [-0.25, -0.2) is 9.59 Å². The molecule has 0 radical (unpaired) electrons. The molecule has 2 fully saturated rings. The van der Waals surface area contributed by atoms with Gasteiger partial charge < -0.3 is 29.2 Å². The van der Waals surface area contributed by atoms with Crippen molar-refractivity contribution in [3.63, 3.8) is 0 Å². The molecule has 2 aliphatic rings. The Hall–Kier alpha value is -3.96. The molecule has 1 aromatic carbocycles. The Labute approximate surface area is 226 Å². The lowest BCUT2D eigenvalue weighted by Gasteiger charge is -2.29. The van der Waals surface area contributed by atoms with Gasteiger partial charge in [-0.15, -0.1) is 0 Å². The van der Waals surface area contributed by atoms with E-state index in [0.717, 1.165) is 19.6 Å². The maximum atomic E-state index is 13.4. The van der Waals surface area contributed by atoms with Gasteiger partial charge in [0, 0.05) is 37.4 Å². The number of carbonyl (C=O) groups is 4. The second kappa shape index (κ2) is 11.8. The van der Waals surface area contributed by atoms with E-state index in [1.807, 2.05) is 0 Å². The highest BCUT2D eigenvalue weighted by Crippen LogP contribution is 2.41. The van der Waals surface area contributed by atoms with E-state index in [2.05, 4.69) is 9.88 Å². The number of ether oxygens (including phenoxy) is 3. The number of amides is 1. The number of aryl methyl sites for hydroxylation is 1. The van der Waals surface area contributed by atoms with E-state index in [9.17, 15) is 24.3 Å². The highest BCUT2D eigenvalue weighted by molar-refractivity contribution is 6.46. The fraction of sp³-hybridized carbons (Fsp3) is 0.429. The molecule has 2 aliphatic heterocycles. The third-order valence-electron chi connectivity index (χ3n) is 7.23. The number of H-pyrrole nitrogens is 1. The first-order chi connectivity index (χ1) is 18.7. The number of aliphatic hydroxyl groups excluding tert-OH is 1. The van der Waals surface area contributed by atoms with E-state index >= 15 is 0 Å². The Morgan fingerprint density at radius 3 is 2.28 bits per heavy atom. The summed E-state index contributed by atoms with van der Waals surface area (Å²) in [7, 11) is 2.53. The summed E-state index contributed by atoms with van der Waals surface area (Å²) in [6.45, 7) is 7.19. The van der Waals surface area contributed by atoms with E-state index < -0.39 is 29.7 Å². The van der Waals surface area contributed by atoms with Crippen LogP contribution >= 0.6 is 0 Å². The molecule has 0 aliphatic carbocycles. The smallest absolute Gasteiger partial charge is 0.354 e. The Kier molecular flexibility index (Phi) is 8.51. The minimum Gasteiger partial charge on any atom is -0.507 e. The number of nitrogens with one attached hydrogen (secondary N) is 1. The molecule has 11 heteroatoms. The fourth-order valence-corrected chi connectivity index (χ4v) is 5.21. The largest absolute Gasteiger partial charge is 0.507 e. The SMILES string of the molecule is COC(=O)c1ccc([C@H]2C(=C(O)c3c(C)[nH]c(C(=O)OC)c3C)C(=O)C(=O)N2CCCN2CCOCC2)cc1. The van der Waals surface area contributed by atoms with Gasteiger partial charge in [0.25, 0.3) is 11.7 Å². The number of aliphatic hydroxyl groups is 1. The molecule has 1 atom stereocenters. The van der Waals surface area contributed by atoms with Gasteiger partial charge in [0.05, 0.1) is 44.6 Å². The van der Waals surface area contributed by atoms with Crippen molar-refractivity contribution in [1.29, 1.82) is 0 Å². The van der Waals surface area contributed by atoms with Gasteiger partial charge in [-0.3, -0.25) is 14.5 Å². The second-order valence-electron chi connectivity index (χ2n) is 9.53. The topological polar surface area (TPSA) is 138 Å². The third-order valence-corrected chi connectivity index (χ3v) is 7.23. The van der Waals surface area contributed by atoms with Gasteiger partial charge in [0.2, 0.25) is 0 Å². The van der Waals surface area contributed by atoms with E-state index in [1.54, 1.807) is 38.1 Å². The normalized spacial score (nSPS) is 19.4. The average molecular weight is 540 g/mol. The highest BCUT2D eigenvalue weighted by atomic mass is 16.5. The molecular weight excluding hydrogens is 506 g/mol. The molecule has 1 amide bonds. The third kappa shape index (κ3) is 5.45. The van der Waals surface area contributed by atoms with E-state index in [1.165, 1.54) is 19.1 Å². The van der Waals surface area contributed by atoms with Crippen LogP contribution in [0.15, 0.2) is 29.8 Å². The molecule has 11 nitrogen and oxygen atoms in total. The molecule has 1 aromatic heterocycles. The van der Waals surface area contributed by atoms with Crippen molar-refractivity contribution in [3.8, 4) is 0 Å². The number of morpholine rings is 1. The Morgan fingerprint density at radius 1 is 1.03 bits per heavy atom. The number of esters is 2. The van der Waals surface area contributed by atoms with Crippen molar-refractivity contribution in [3.05, 3.63) is 63.5 Å². The van der Waals surface area contributed by atoms with Gasteiger partial charge in [-0.1, -0.05) is 12.1 Å². The monoisotopic (exact) mass is 539 g/mol. The second-order valence-corrected chi connectivity index (χ2v) is 9.53. The van der Waals surface area contributed by atoms with Crippen LogP contribution in [-0.4, -0.2) is 97.1 Å². The average Bonchev–Trinajstić information content (AvgIpc) is 3.39. The van der Waals surface area contributed by atoms with Crippen molar-refractivity contribution in [1.82, 2.24) is 14.8 Å². The number of carbonyl (C=O) groups excluding carboxylic acids is 4.